The number of carbonyl (C=O) groups is 1. The molecule has 1 aliphatic heterocycles. The maximum absolute atomic E-state index is 12.6. The number of anilines is 2. The van der Waals surface area contributed by atoms with Gasteiger partial charge in [-0.2, -0.15) is 13.2 Å². The van der Waals surface area contributed by atoms with E-state index in [1.807, 2.05) is 31.2 Å². The number of hydrogen-bond donors (Lipinski definition) is 2. The van der Waals surface area contributed by atoms with E-state index in [9.17, 15) is 18.0 Å². The van der Waals surface area contributed by atoms with Gasteiger partial charge >= 0.3 is 12.2 Å². The lowest BCUT2D eigenvalue weighted by atomic mass is 10.0. The van der Waals surface area contributed by atoms with E-state index in [1.165, 1.54) is 4.90 Å². The van der Waals surface area contributed by atoms with Gasteiger partial charge in [0, 0.05) is 61.7 Å². The monoisotopic (exact) mass is 443 g/mol. The SMILES string of the molecule is CNc1cc2ncc(-c3cc(NC(=O)N4CC[C@@H](CC(F)(F)F)C4)ccc3C)cc2cn1. The lowest BCUT2D eigenvalue weighted by Gasteiger charge is -2.19. The molecule has 1 aliphatic rings. The topological polar surface area (TPSA) is 70.2 Å². The molecular formula is C23H24F3N5O. The highest BCUT2D eigenvalue weighted by Crippen LogP contribution is 2.32. The summed E-state index contributed by atoms with van der Waals surface area (Å²) in [6.07, 6.45) is -1.18. The van der Waals surface area contributed by atoms with Crippen molar-refractivity contribution in [2.75, 3.05) is 30.8 Å². The van der Waals surface area contributed by atoms with Crippen LogP contribution in [0.2, 0.25) is 0 Å². The number of aromatic nitrogens is 2. The van der Waals surface area contributed by atoms with Gasteiger partial charge in [-0.25, -0.2) is 9.78 Å². The molecule has 0 saturated carbocycles. The smallest absolute Gasteiger partial charge is 0.373 e. The Morgan fingerprint density at radius 3 is 2.75 bits per heavy atom. The first-order valence-electron chi connectivity index (χ1n) is 10.4. The van der Waals surface area contributed by atoms with Crippen molar-refractivity contribution < 1.29 is 18.0 Å². The Morgan fingerprint density at radius 2 is 2.00 bits per heavy atom. The van der Waals surface area contributed by atoms with Crippen molar-refractivity contribution in [1.82, 2.24) is 14.9 Å². The molecule has 0 aliphatic carbocycles. The molecule has 6 nitrogen and oxygen atoms in total. The van der Waals surface area contributed by atoms with Gasteiger partial charge in [0.05, 0.1) is 5.52 Å². The van der Waals surface area contributed by atoms with Crippen LogP contribution in [0.5, 0.6) is 0 Å². The number of alkyl halides is 3. The first-order chi connectivity index (χ1) is 15.2. The molecule has 0 unspecified atom stereocenters. The molecule has 168 valence electrons. The number of benzene rings is 1. The van der Waals surface area contributed by atoms with Gasteiger partial charge in [-0.1, -0.05) is 6.07 Å². The average Bonchev–Trinajstić information content (AvgIpc) is 3.21. The third-order valence-corrected chi connectivity index (χ3v) is 5.71. The number of rotatable bonds is 4. The van der Waals surface area contributed by atoms with Crippen LogP contribution in [0.3, 0.4) is 0 Å². The van der Waals surface area contributed by atoms with Gasteiger partial charge in [-0.05, 0) is 48.6 Å². The van der Waals surface area contributed by atoms with Gasteiger partial charge in [0.15, 0.2) is 0 Å². The van der Waals surface area contributed by atoms with Crippen LogP contribution in [-0.2, 0) is 0 Å². The zero-order chi connectivity index (χ0) is 22.9. The first kappa shape index (κ1) is 21.9. The molecule has 4 rings (SSSR count). The van der Waals surface area contributed by atoms with Gasteiger partial charge in [0.25, 0.3) is 0 Å². The molecule has 9 heteroatoms. The maximum atomic E-state index is 12.6. The normalized spacial score (nSPS) is 16.4. The molecule has 2 N–H and O–H groups in total. The zero-order valence-corrected chi connectivity index (χ0v) is 17.8. The van der Waals surface area contributed by atoms with Crippen LogP contribution >= 0.6 is 0 Å². The van der Waals surface area contributed by atoms with Gasteiger partial charge in [-0.15, -0.1) is 0 Å². The molecule has 32 heavy (non-hydrogen) atoms. The number of pyridine rings is 2. The molecule has 2 aromatic heterocycles. The molecule has 0 bridgehead atoms. The van der Waals surface area contributed by atoms with E-state index in [1.54, 1.807) is 25.5 Å². The predicted octanol–water partition coefficient (Wildman–Crippen LogP) is 5.45. The van der Waals surface area contributed by atoms with Crippen molar-refractivity contribution in [2.24, 2.45) is 5.92 Å². The summed E-state index contributed by atoms with van der Waals surface area (Å²) in [7, 11) is 1.80. The second-order valence-corrected chi connectivity index (χ2v) is 8.12. The molecule has 1 fully saturated rings. The number of fused-ring (bicyclic) bond motifs is 1. The number of aryl methyl sites for hydroxylation is 1. The second-order valence-electron chi connectivity index (χ2n) is 8.12. The van der Waals surface area contributed by atoms with Crippen molar-refractivity contribution in [3.8, 4) is 11.1 Å². The Balaban J connectivity index is 1.51. The number of halogens is 3. The van der Waals surface area contributed by atoms with Gasteiger partial charge in [0.1, 0.15) is 5.82 Å². The van der Waals surface area contributed by atoms with Crippen molar-refractivity contribution in [1.29, 1.82) is 0 Å². The van der Waals surface area contributed by atoms with Gasteiger partial charge in [-0.3, -0.25) is 4.98 Å². The van der Waals surface area contributed by atoms with E-state index < -0.39 is 18.5 Å². The van der Waals surface area contributed by atoms with E-state index in [0.717, 1.165) is 33.4 Å². The molecular weight excluding hydrogens is 419 g/mol. The van der Waals surface area contributed by atoms with Crippen LogP contribution in [0.1, 0.15) is 18.4 Å². The van der Waals surface area contributed by atoms with E-state index in [4.69, 9.17) is 0 Å². The number of likely N-dealkylation sites (tertiary alicyclic amines) is 1. The summed E-state index contributed by atoms with van der Waals surface area (Å²) in [6, 6.07) is 9.01. The minimum atomic E-state index is -4.21. The molecule has 0 spiro atoms. The molecule has 3 heterocycles. The molecule has 3 aromatic rings. The van der Waals surface area contributed by atoms with Gasteiger partial charge in [0.2, 0.25) is 0 Å². The Kier molecular flexibility index (Phi) is 5.90. The minimum Gasteiger partial charge on any atom is -0.373 e. The highest BCUT2D eigenvalue weighted by atomic mass is 19.4. The standard InChI is InChI=1S/C23H24F3N5O/c1-14-3-4-18(30-22(32)31-6-5-15(13-31)10-23(24,25)26)8-19(14)16-7-17-12-29-21(27-2)9-20(17)28-11-16/h3-4,7-9,11-12,15H,5-6,10,13H2,1-2H3,(H,27,29)(H,30,32)/t15-/m0/s1. The van der Waals surface area contributed by atoms with E-state index in [-0.39, 0.29) is 12.6 Å². The van der Waals surface area contributed by atoms with Gasteiger partial charge < -0.3 is 15.5 Å². The van der Waals surface area contributed by atoms with Crippen LogP contribution in [0.4, 0.5) is 29.5 Å². The minimum absolute atomic E-state index is 0.111. The fourth-order valence-electron chi connectivity index (χ4n) is 4.03. The Hall–Kier alpha value is -3.36. The van der Waals surface area contributed by atoms with Crippen molar-refractivity contribution in [3.63, 3.8) is 0 Å². The quantitative estimate of drug-likeness (QED) is 0.562. The summed E-state index contributed by atoms with van der Waals surface area (Å²) in [5, 5.41) is 6.70. The number of nitrogens with zero attached hydrogens (tertiary/aromatic N) is 3. The van der Waals surface area contributed by atoms with Crippen molar-refractivity contribution in [3.05, 3.63) is 48.3 Å². The average molecular weight is 443 g/mol. The number of urea groups is 1. The highest BCUT2D eigenvalue weighted by Gasteiger charge is 2.36. The fourth-order valence-corrected chi connectivity index (χ4v) is 4.03. The third-order valence-electron chi connectivity index (χ3n) is 5.71. The summed E-state index contributed by atoms with van der Waals surface area (Å²) in [5.74, 6) is 0.188. The van der Waals surface area contributed by atoms with E-state index in [0.29, 0.717) is 18.7 Å². The van der Waals surface area contributed by atoms with Crippen LogP contribution in [0, 0.1) is 12.8 Å². The molecule has 1 saturated heterocycles. The summed E-state index contributed by atoms with van der Waals surface area (Å²) in [4.78, 5) is 22.9. The number of hydrogen-bond acceptors (Lipinski definition) is 4. The first-order valence-corrected chi connectivity index (χ1v) is 10.4. The van der Waals surface area contributed by atoms with E-state index in [2.05, 4.69) is 20.6 Å². The van der Waals surface area contributed by atoms with Crippen molar-refractivity contribution in [2.45, 2.75) is 25.9 Å². The Bertz CT molecular complexity index is 1150. The summed E-state index contributed by atoms with van der Waals surface area (Å²) >= 11 is 0. The van der Waals surface area contributed by atoms with Crippen LogP contribution < -0.4 is 10.6 Å². The summed E-state index contributed by atoms with van der Waals surface area (Å²) in [5.41, 5.74) is 4.20. The lowest BCUT2D eigenvalue weighted by Crippen LogP contribution is -2.33. The zero-order valence-electron chi connectivity index (χ0n) is 17.8. The van der Waals surface area contributed by atoms with Crippen LogP contribution in [-0.4, -0.2) is 47.2 Å². The summed E-state index contributed by atoms with van der Waals surface area (Å²) < 4.78 is 37.9. The van der Waals surface area contributed by atoms with Crippen LogP contribution in [0.25, 0.3) is 22.0 Å². The molecule has 2 amide bonds. The second kappa shape index (κ2) is 8.64. The molecule has 0 radical (unpaired) electrons. The Labute approximate surface area is 183 Å². The molecule has 1 atom stereocenters. The highest BCUT2D eigenvalue weighted by molar-refractivity contribution is 5.91. The summed E-state index contributed by atoms with van der Waals surface area (Å²) in [6.45, 7) is 2.40. The Morgan fingerprint density at radius 1 is 1.19 bits per heavy atom. The third kappa shape index (κ3) is 4.92. The number of nitrogens with one attached hydrogen (secondary N) is 2. The predicted molar refractivity (Wildman–Crippen MR) is 119 cm³/mol. The number of amides is 2. The fraction of sp³-hybridized carbons (Fsp3) is 0.348. The molecule has 1 aromatic carbocycles. The van der Waals surface area contributed by atoms with Crippen molar-refractivity contribution >= 4 is 28.4 Å². The van der Waals surface area contributed by atoms with Crippen LogP contribution in [0.15, 0.2) is 42.7 Å². The maximum Gasteiger partial charge on any atom is 0.389 e. The lowest BCUT2D eigenvalue weighted by molar-refractivity contribution is -0.143. The largest absolute Gasteiger partial charge is 0.389 e. The number of carbonyl (C=O) groups excluding carboxylic acids is 1. The van der Waals surface area contributed by atoms with E-state index >= 15 is 0 Å².